The molecule has 33 heavy (non-hydrogen) atoms. The van der Waals surface area contributed by atoms with Gasteiger partial charge in [-0.2, -0.15) is 5.10 Å². The number of methoxy groups -OCH3 is 1. The molecule has 1 aliphatic heterocycles. The van der Waals surface area contributed by atoms with E-state index in [1.807, 2.05) is 13.0 Å². The molecule has 1 atom stereocenters. The SMILES string of the molecule is COC(=O)c1cc2n(n1)C[C@](C)(C(=O)NC1CCC(C)CC1)N(c1cc(Cl)ccc1C)C2=O. The van der Waals surface area contributed by atoms with Crippen LogP contribution in [-0.4, -0.2) is 46.3 Å². The van der Waals surface area contributed by atoms with Gasteiger partial charge in [0.1, 0.15) is 11.2 Å². The molecular weight excluding hydrogens is 444 g/mol. The zero-order chi connectivity index (χ0) is 23.9. The van der Waals surface area contributed by atoms with Gasteiger partial charge in [0.25, 0.3) is 5.91 Å². The first-order valence-electron chi connectivity index (χ1n) is 11.2. The van der Waals surface area contributed by atoms with Crippen molar-refractivity contribution in [1.29, 1.82) is 0 Å². The van der Waals surface area contributed by atoms with Gasteiger partial charge >= 0.3 is 5.97 Å². The maximum Gasteiger partial charge on any atom is 0.358 e. The van der Waals surface area contributed by atoms with Gasteiger partial charge in [0.05, 0.1) is 13.7 Å². The van der Waals surface area contributed by atoms with Crippen molar-refractivity contribution in [3.05, 3.63) is 46.2 Å². The van der Waals surface area contributed by atoms with Gasteiger partial charge in [-0.25, -0.2) is 4.79 Å². The van der Waals surface area contributed by atoms with E-state index in [4.69, 9.17) is 16.3 Å². The normalized spacial score (nSPS) is 24.9. The summed E-state index contributed by atoms with van der Waals surface area (Å²) in [4.78, 5) is 41.0. The van der Waals surface area contributed by atoms with E-state index >= 15 is 0 Å². The highest BCUT2D eigenvalue weighted by molar-refractivity contribution is 6.31. The summed E-state index contributed by atoms with van der Waals surface area (Å²) < 4.78 is 6.19. The van der Waals surface area contributed by atoms with Gasteiger partial charge in [-0.3, -0.25) is 19.2 Å². The van der Waals surface area contributed by atoms with Crippen molar-refractivity contribution in [2.75, 3.05) is 12.0 Å². The minimum Gasteiger partial charge on any atom is -0.464 e. The molecule has 1 aliphatic carbocycles. The Balaban J connectivity index is 1.77. The molecule has 1 aromatic heterocycles. The number of esters is 1. The first-order valence-corrected chi connectivity index (χ1v) is 11.6. The highest BCUT2D eigenvalue weighted by Crippen LogP contribution is 2.36. The molecule has 2 amide bonds. The number of halogens is 1. The summed E-state index contributed by atoms with van der Waals surface area (Å²) in [5.74, 6) is -0.670. The second-order valence-electron chi connectivity index (χ2n) is 9.34. The van der Waals surface area contributed by atoms with Crippen molar-refractivity contribution in [1.82, 2.24) is 15.1 Å². The number of ether oxygens (including phenoxy) is 1. The Bertz CT molecular complexity index is 1110. The number of hydrogen-bond acceptors (Lipinski definition) is 5. The van der Waals surface area contributed by atoms with E-state index in [2.05, 4.69) is 17.3 Å². The highest BCUT2D eigenvalue weighted by atomic mass is 35.5. The summed E-state index contributed by atoms with van der Waals surface area (Å²) in [6.07, 6.45) is 3.94. The van der Waals surface area contributed by atoms with Crippen LogP contribution in [0.2, 0.25) is 5.02 Å². The third kappa shape index (κ3) is 4.24. The fourth-order valence-corrected chi connectivity index (χ4v) is 4.90. The number of aromatic nitrogens is 2. The maximum atomic E-state index is 13.8. The molecule has 1 N–H and O–H groups in total. The molecule has 1 aromatic carbocycles. The summed E-state index contributed by atoms with van der Waals surface area (Å²) in [5, 5.41) is 7.90. The fraction of sp³-hybridized carbons (Fsp3) is 0.500. The van der Waals surface area contributed by atoms with E-state index < -0.39 is 17.4 Å². The Morgan fingerprint density at radius 2 is 1.91 bits per heavy atom. The van der Waals surface area contributed by atoms with Crippen molar-refractivity contribution in [3.8, 4) is 0 Å². The van der Waals surface area contributed by atoms with Gasteiger partial charge < -0.3 is 10.1 Å². The molecule has 0 bridgehead atoms. The topological polar surface area (TPSA) is 93.5 Å². The lowest BCUT2D eigenvalue weighted by Gasteiger charge is -2.44. The molecule has 176 valence electrons. The summed E-state index contributed by atoms with van der Waals surface area (Å²) in [5.41, 5.74) is 0.317. The van der Waals surface area contributed by atoms with Gasteiger partial charge in [-0.05, 0) is 63.1 Å². The third-order valence-electron chi connectivity index (χ3n) is 6.80. The number of hydrogen-bond donors (Lipinski definition) is 1. The smallest absolute Gasteiger partial charge is 0.358 e. The van der Waals surface area contributed by atoms with E-state index in [1.165, 1.54) is 22.8 Å². The minimum absolute atomic E-state index is 0.0227. The van der Waals surface area contributed by atoms with Gasteiger partial charge in [0.15, 0.2) is 5.69 Å². The lowest BCUT2D eigenvalue weighted by molar-refractivity contribution is -0.127. The monoisotopic (exact) mass is 472 g/mol. The standard InChI is InChI=1S/C24H29ClN4O4/c1-14-5-9-17(10-6-14)26-23(32)24(3)13-28-20(12-18(27-28)22(31)33-4)21(30)29(24)19-11-16(25)8-7-15(19)2/h7-8,11-12,14,17H,5-6,9-10,13H2,1-4H3,(H,26,32)/t14?,17?,24-/m1/s1. The molecule has 2 aliphatic rings. The first kappa shape index (κ1) is 23.3. The Morgan fingerprint density at radius 3 is 2.58 bits per heavy atom. The van der Waals surface area contributed by atoms with Crippen LogP contribution in [0.25, 0.3) is 0 Å². The quantitative estimate of drug-likeness (QED) is 0.684. The summed E-state index contributed by atoms with van der Waals surface area (Å²) in [7, 11) is 1.26. The third-order valence-corrected chi connectivity index (χ3v) is 7.04. The molecule has 0 unspecified atom stereocenters. The molecule has 9 heteroatoms. The second kappa shape index (κ2) is 8.82. The largest absolute Gasteiger partial charge is 0.464 e. The molecule has 4 rings (SSSR count). The van der Waals surface area contributed by atoms with E-state index in [0.717, 1.165) is 31.2 Å². The first-order chi connectivity index (χ1) is 15.6. The van der Waals surface area contributed by atoms with E-state index in [1.54, 1.807) is 19.1 Å². The minimum atomic E-state index is -1.28. The van der Waals surface area contributed by atoms with Crippen LogP contribution in [0, 0.1) is 12.8 Å². The van der Waals surface area contributed by atoms with Gasteiger partial charge in [-0.1, -0.05) is 24.6 Å². The van der Waals surface area contributed by atoms with Crippen molar-refractivity contribution >= 4 is 35.1 Å². The Labute approximate surface area is 198 Å². The van der Waals surface area contributed by atoms with E-state index in [9.17, 15) is 14.4 Å². The van der Waals surface area contributed by atoms with Crippen LogP contribution in [-0.2, 0) is 16.1 Å². The lowest BCUT2D eigenvalue weighted by atomic mass is 9.86. The van der Waals surface area contributed by atoms with E-state index in [-0.39, 0.29) is 29.9 Å². The predicted molar refractivity (Wildman–Crippen MR) is 125 cm³/mol. The van der Waals surface area contributed by atoms with Crippen molar-refractivity contribution in [3.63, 3.8) is 0 Å². The fourth-order valence-electron chi connectivity index (χ4n) is 4.73. The van der Waals surface area contributed by atoms with Gasteiger partial charge in [0.2, 0.25) is 5.91 Å². The summed E-state index contributed by atoms with van der Waals surface area (Å²) in [6.45, 7) is 5.91. The van der Waals surface area contributed by atoms with Gasteiger partial charge in [0, 0.05) is 22.8 Å². The number of benzene rings is 1. The number of nitrogens with zero attached hydrogens (tertiary/aromatic N) is 3. The van der Waals surface area contributed by atoms with Crippen LogP contribution in [0.4, 0.5) is 5.69 Å². The number of aryl methyl sites for hydroxylation is 1. The van der Waals surface area contributed by atoms with E-state index in [0.29, 0.717) is 16.6 Å². The lowest BCUT2D eigenvalue weighted by Crippen LogP contribution is -2.65. The summed E-state index contributed by atoms with van der Waals surface area (Å²) in [6, 6.07) is 6.72. The molecule has 0 saturated heterocycles. The molecule has 0 radical (unpaired) electrons. The van der Waals surface area contributed by atoms with Crippen LogP contribution in [0.3, 0.4) is 0 Å². The number of amides is 2. The van der Waals surface area contributed by atoms with Crippen LogP contribution < -0.4 is 10.2 Å². The molecule has 2 aromatic rings. The maximum absolute atomic E-state index is 13.8. The molecule has 0 spiro atoms. The number of fused-ring (bicyclic) bond motifs is 1. The Kier molecular flexibility index (Phi) is 6.22. The van der Waals surface area contributed by atoms with Crippen LogP contribution >= 0.6 is 11.6 Å². The predicted octanol–water partition coefficient (Wildman–Crippen LogP) is 3.75. The molecule has 8 nitrogen and oxygen atoms in total. The average molecular weight is 473 g/mol. The van der Waals surface area contributed by atoms with Crippen molar-refractivity contribution in [2.24, 2.45) is 5.92 Å². The highest BCUT2D eigenvalue weighted by Gasteiger charge is 2.50. The van der Waals surface area contributed by atoms with Crippen molar-refractivity contribution < 1.29 is 19.1 Å². The van der Waals surface area contributed by atoms with Crippen LogP contribution in [0.5, 0.6) is 0 Å². The number of carbonyl (C=O) groups excluding carboxylic acids is 3. The zero-order valence-corrected chi connectivity index (χ0v) is 20.1. The number of nitrogens with one attached hydrogen (secondary N) is 1. The zero-order valence-electron chi connectivity index (χ0n) is 19.4. The molecule has 2 heterocycles. The summed E-state index contributed by atoms with van der Waals surface area (Å²) >= 11 is 6.27. The number of anilines is 1. The van der Waals surface area contributed by atoms with Gasteiger partial charge in [-0.15, -0.1) is 0 Å². The van der Waals surface area contributed by atoms with Crippen molar-refractivity contribution in [2.45, 2.75) is 64.6 Å². The van der Waals surface area contributed by atoms with Crippen LogP contribution in [0.15, 0.2) is 24.3 Å². The molecule has 1 saturated carbocycles. The number of rotatable bonds is 4. The van der Waals surface area contributed by atoms with Crippen LogP contribution in [0.1, 0.15) is 66.1 Å². The Hall–Kier alpha value is -2.87. The molecule has 1 fully saturated rings. The average Bonchev–Trinajstić information content (AvgIpc) is 3.21. The molecular formula is C24H29ClN4O4. The second-order valence-corrected chi connectivity index (χ2v) is 9.78. The Morgan fingerprint density at radius 1 is 1.21 bits per heavy atom. The number of carbonyl (C=O) groups is 3.